The minimum Gasteiger partial charge on any atom is -0.481 e. The zero-order chi connectivity index (χ0) is 24.2. The van der Waals surface area contributed by atoms with Gasteiger partial charge in [-0.15, -0.1) is 0 Å². The molecule has 7 nitrogen and oxygen atoms in total. The van der Waals surface area contributed by atoms with Crippen molar-refractivity contribution in [2.24, 2.45) is 0 Å². The van der Waals surface area contributed by atoms with Crippen molar-refractivity contribution in [1.82, 2.24) is 5.32 Å². The van der Waals surface area contributed by atoms with E-state index in [1.54, 1.807) is 0 Å². The largest absolute Gasteiger partial charge is 0.481 e. The van der Waals surface area contributed by atoms with Gasteiger partial charge in [-0.2, -0.15) is 0 Å². The van der Waals surface area contributed by atoms with Crippen LogP contribution in [0.15, 0.2) is 66.7 Å². The Bertz CT molecular complexity index is 1170. The molecule has 1 amide bonds. The van der Waals surface area contributed by atoms with E-state index in [2.05, 4.69) is 5.32 Å². The summed E-state index contributed by atoms with van der Waals surface area (Å²) < 4.78 is 19.5. The number of hydrogen-bond donors (Lipinski definition) is 4. The Morgan fingerprint density at radius 1 is 0.971 bits per heavy atom. The molecule has 0 spiro atoms. The zero-order valence-corrected chi connectivity index (χ0v) is 18.1. The smallest absolute Gasteiger partial charge is 0.407 e. The fraction of sp³-hybridized carbons (Fsp3) is 0.231. The molecule has 1 aliphatic carbocycles. The van der Waals surface area contributed by atoms with Crippen LogP contribution in [0.1, 0.15) is 34.3 Å². The molecule has 0 aliphatic heterocycles. The third kappa shape index (κ3) is 4.93. The predicted molar refractivity (Wildman–Crippen MR) is 122 cm³/mol. The first-order chi connectivity index (χ1) is 16.3. The highest BCUT2D eigenvalue weighted by Gasteiger charge is 2.29. The fourth-order valence-electron chi connectivity index (χ4n) is 4.22. The number of aliphatic carboxylic acids is 1. The molecule has 1 aliphatic rings. The summed E-state index contributed by atoms with van der Waals surface area (Å²) >= 11 is 0. The number of nitrogens with one attached hydrogen (secondary N) is 1. The molecular weight excluding hydrogens is 441 g/mol. The van der Waals surface area contributed by atoms with Crippen LogP contribution in [-0.4, -0.2) is 46.6 Å². The van der Waals surface area contributed by atoms with Crippen LogP contribution >= 0.6 is 0 Å². The number of carboxylic acids is 1. The van der Waals surface area contributed by atoms with Crippen molar-refractivity contribution in [2.45, 2.75) is 24.5 Å². The van der Waals surface area contributed by atoms with Crippen molar-refractivity contribution < 1.29 is 34.0 Å². The van der Waals surface area contributed by atoms with Gasteiger partial charge in [0.15, 0.2) is 0 Å². The van der Waals surface area contributed by atoms with E-state index < -0.39 is 36.5 Å². The highest BCUT2D eigenvalue weighted by molar-refractivity contribution is 5.79. The van der Waals surface area contributed by atoms with Gasteiger partial charge in [-0.3, -0.25) is 4.79 Å². The third-order valence-electron chi connectivity index (χ3n) is 5.92. The monoisotopic (exact) mass is 465 g/mol. The standard InChI is InChI=1S/C26H24FNO6/c27-22-11-16(10-9-15(22)12-24(30)31)25(32)23(29)13-28-26(33)34-14-21-19-7-3-1-5-17(19)18-6-2-4-8-20(18)21/h1-11,21,23,25,29,32H,12-14H2,(H,28,33)(H,30,31). The summed E-state index contributed by atoms with van der Waals surface area (Å²) in [5.74, 6) is -2.09. The van der Waals surface area contributed by atoms with Gasteiger partial charge in [0, 0.05) is 12.5 Å². The van der Waals surface area contributed by atoms with Crippen molar-refractivity contribution in [3.8, 4) is 11.1 Å². The molecule has 0 fully saturated rings. The highest BCUT2D eigenvalue weighted by atomic mass is 19.1. The van der Waals surface area contributed by atoms with Crippen molar-refractivity contribution in [2.75, 3.05) is 13.2 Å². The normalized spacial score (nSPS) is 14.1. The molecule has 176 valence electrons. The maximum atomic E-state index is 14.1. The maximum absolute atomic E-state index is 14.1. The van der Waals surface area contributed by atoms with Crippen LogP contribution < -0.4 is 5.32 Å². The minimum absolute atomic E-state index is 0.0327. The number of halogens is 1. The lowest BCUT2D eigenvalue weighted by Gasteiger charge is -2.20. The van der Waals surface area contributed by atoms with Crippen LogP contribution in [0.5, 0.6) is 0 Å². The number of hydrogen-bond acceptors (Lipinski definition) is 5. The number of aliphatic hydroxyl groups is 2. The van der Waals surface area contributed by atoms with Crippen LogP contribution in [0.3, 0.4) is 0 Å². The van der Waals surface area contributed by atoms with E-state index in [-0.39, 0.29) is 30.2 Å². The molecule has 0 radical (unpaired) electrons. The number of benzene rings is 3. The first-order valence-electron chi connectivity index (χ1n) is 10.8. The maximum Gasteiger partial charge on any atom is 0.407 e. The molecule has 3 aromatic rings. The molecule has 0 heterocycles. The Morgan fingerprint density at radius 3 is 2.18 bits per heavy atom. The van der Waals surface area contributed by atoms with E-state index in [4.69, 9.17) is 9.84 Å². The summed E-state index contributed by atoms with van der Waals surface area (Å²) in [4.78, 5) is 23.0. The third-order valence-corrected chi connectivity index (χ3v) is 5.92. The number of amides is 1. The number of rotatable bonds is 8. The zero-order valence-electron chi connectivity index (χ0n) is 18.1. The van der Waals surface area contributed by atoms with Gasteiger partial charge in [0.05, 0.1) is 6.42 Å². The van der Waals surface area contributed by atoms with Crippen LogP contribution in [0.4, 0.5) is 9.18 Å². The topological polar surface area (TPSA) is 116 Å². The molecular formula is C26H24FNO6. The molecule has 4 rings (SSSR count). The predicted octanol–water partition coefficient (Wildman–Crippen LogP) is 3.39. The molecule has 0 saturated heterocycles. The van der Waals surface area contributed by atoms with E-state index in [0.717, 1.165) is 28.3 Å². The van der Waals surface area contributed by atoms with Gasteiger partial charge in [0.2, 0.25) is 0 Å². The molecule has 4 N–H and O–H groups in total. The lowest BCUT2D eigenvalue weighted by molar-refractivity contribution is -0.136. The van der Waals surface area contributed by atoms with Crippen molar-refractivity contribution >= 4 is 12.1 Å². The molecule has 34 heavy (non-hydrogen) atoms. The number of carbonyl (C=O) groups excluding carboxylic acids is 1. The number of carboxylic acid groups (broad SMARTS) is 1. The van der Waals surface area contributed by atoms with E-state index in [9.17, 15) is 24.2 Å². The van der Waals surface area contributed by atoms with Crippen molar-refractivity contribution in [3.05, 3.63) is 94.8 Å². The molecule has 2 unspecified atom stereocenters. The number of ether oxygens (including phenoxy) is 1. The van der Waals surface area contributed by atoms with Crippen molar-refractivity contribution in [1.29, 1.82) is 0 Å². The van der Waals surface area contributed by atoms with Gasteiger partial charge < -0.3 is 25.4 Å². The Kier molecular flexibility index (Phi) is 6.90. The van der Waals surface area contributed by atoms with E-state index in [0.29, 0.717) is 0 Å². The Balaban J connectivity index is 1.32. The molecule has 0 aromatic heterocycles. The van der Waals surface area contributed by atoms with Gasteiger partial charge >= 0.3 is 12.1 Å². The average molecular weight is 465 g/mol. The summed E-state index contributed by atoms with van der Waals surface area (Å²) in [6.45, 7) is -0.217. The van der Waals surface area contributed by atoms with Gasteiger partial charge in [-0.25, -0.2) is 9.18 Å². The fourth-order valence-corrected chi connectivity index (χ4v) is 4.22. The summed E-state index contributed by atoms with van der Waals surface area (Å²) in [5, 5.41) is 31.7. The molecule has 8 heteroatoms. The molecule has 3 aromatic carbocycles. The SMILES string of the molecule is O=C(O)Cc1ccc(C(O)C(O)CNC(=O)OCC2c3ccccc3-c3ccccc32)cc1F. The van der Waals surface area contributed by atoms with Crippen LogP contribution in [0.2, 0.25) is 0 Å². The van der Waals surface area contributed by atoms with E-state index in [1.807, 2.05) is 48.5 Å². The lowest BCUT2D eigenvalue weighted by atomic mass is 9.98. The van der Waals surface area contributed by atoms with E-state index in [1.165, 1.54) is 12.1 Å². The highest BCUT2D eigenvalue weighted by Crippen LogP contribution is 2.44. The number of aliphatic hydroxyl groups excluding tert-OH is 2. The Hall–Kier alpha value is -3.75. The number of alkyl carbamates (subject to hydrolysis) is 1. The first kappa shape index (κ1) is 23.4. The number of carbonyl (C=O) groups is 2. The quantitative estimate of drug-likeness (QED) is 0.405. The van der Waals surface area contributed by atoms with Crippen LogP contribution in [0, 0.1) is 5.82 Å². The van der Waals surface area contributed by atoms with Gasteiger partial charge in [0.25, 0.3) is 0 Å². The molecule has 0 bridgehead atoms. The molecule has 0 saturated carbocycles. The second kappa shape index (κ2) is 10.0. The van der Waals surface area contributed by atoms with Crippen LogP contribution in [0.25, 0.3) is 11.1 Å². The van der Waals surface area contributed by atoms with Crippen molar-refractivity contribution in [3.63, 3.8) is 0 Å². The van der Waals surface area contributed by atoms with Gasteiger partial charge in [0.1, 0.15) is 24.6 Å². The number of fused-ring (bicyclic) bond motifs is 3. The lowest BCUT2D eigenvalue weighted by Crippen LogP contribution is -2.36. The Labute approximate surface area is 195 Å². The summed E-state index contributed by atoms with van der Waals surface area (Å²) in [7, 11) is 0. The second-order valence-electron chi connectivity index (χ2n) is 8.14. The second-order valence-corrected chi connectivity index (χ2v) is 8.14. The summed E-state index contributed by atoms with van der Waals surface area (Å²) in [6, 6.07) is 19.4. The van der Waals surface area contributed by atoms with Gasteiger partial charge in [-0.1, -0.05) is 60.7 Å². The average Bonchev–Trinajstić information content (AvgIpc) is 3.15. The summed E-state index contributed by atoms with van der Waals surface area (Å²) in [5.41, 5.74) is 4.38. The Morgan fingerprint density at radius 2 is 1.59 bits per heavy atom. The van der Waals surface area contributed by atoms with Gasteiger partial charge in [-0.05, 0) is 39.4 Å². The minimum atomic E-state index is -1.48. The molecule has 2 atom stereocenters. The first-order valence-corrected chi connectivity index (χ1v) is 10.8. The summed E-state index contributed by atoms with van der Waals surface area (Å²) in [6.07, 6.45) is -4.16. The van der Waals surface area contributed by atoms with Crippen LogP contribution in [-0.2, 0) is 16.0 Å². The van der Waals surface area contributed by atoms with E-state index >= 15 is 0 Å².